The molecule has 1 saturated heterocycles. The van der Waals surface area contributed by atoms with Gasteiger partial charge in [0.1, 0.15) is 17.1 Å². The highest BCUT2D eigenvalue weighted by atomic mass is 35.5. The SMILES string of the molecule is COc1cc(-c2nc(Cc3ccc4c(cnn4C4CCCCO4)c3Cl)n(C)n2)ccc1C(=O)O. The lowest BCUT2D eigenvalue weighted by atomic mass is 10.1. The number of methoxy groups -OCH3 is 1. The number of halogens is 1. The first kappa shape index (κ1) is 22.4. The quantitative estimate of drug-likeness (QED) is 0.433. The number of aromatic carboxylic acids is 1. The van der Waals surface area contributed by atoms with E-state index in [1.807, 2.05) is 23.9 Å². The third-order valence-corrected chi connectivity index (χ3v) is 6.56. The van der Waals surface area contributed by atoms with Crippen molar-refractivity contribution in [2.24, 2.45) is 7.05 Å². The molecule has 0 saturated carbocycles. The number of aryl methyl sites for hydroxylation is 1. The van der Waals surface area contributed by atoms with E-state index >= 15 is 0 Å². The van der Waals surface area contributed by atoms with Crippen molar-refractivity contribution in [1.82, 2.24) is 24.5 Å². The minimum Gasteiger partial charge on any atom is -0.496 e. The lowest BCUT2D eigenvalue weighted by Gasteiger charge is -2.23. The zero-order chi connectivity index (χ0) is 23.8. The molecule has 4 aromatic rings. The summed E-state index contributed by atoms with van der Waals surface area (Å²) >= 11 is 6.78. The molecule has 1 aliphatic rings. The summed E-state index contributed by atoms with van der Waals surface area (Å²) in [5.74, 6) is 0.403. The van der Waals surface area contributed by atoms with Crippen LogP contribution in [0.4, 0.5) is 0 Å². The molecule has 3 heterocycles. The van der Waals surface area contributed by atoms with Gasteiger partial charge in [0, 0.05) is 31.0 Å². The Bertz CT molecular complexity index is 1370. The topological polar surface area (TPSA) is 104 Å². The van der Waals surface area contributed by atoms with Crippen molar-refractivity contribution in [3.63, 3.8) is 0 Å². The summed E-state index contributed by atoms with van der Waals surface area (Å²) in [6.07, 6.45) is 5.36. The third kappa shape index (κ3) is 4.01. The molecule has 176 valence electrons. The zero-order valence-corrected chi connectivity index (χ0v) is 19.6. The van der Waals surface area contributed by atoms with Crippen LogP contribution in [0.5, 0.6) is 5.75 Å². The second-order valence-corrected chi connectivity index (χ2v) is 8.63. The number of hydrogen-bond acceptors (Lipinski definition) is 6. The van der Waals surface area contributed by atoms with Crippen molar-refractivity contribution >= 4 is 28.5 Å². The lowest BCUT2D eigenvalue weighted by molar-refractivity contribution is -0.0366. The number of hydrogen-bond donors (Lipinski definition) is 1. The second kappa shape index (κ2) is 9.08. The molecule has 0 aliphatic carbocycles. The fraction of sp³-hybridized carbons (Fsp3) is 0.333. The van der Waals surface area contributed by atoms with Crippen LogP contribution in [0.3, 0.4) is 0 Å². The zero-order valence-electron chi connectivity index (χ0n) is 18.9. The van der Waals surface area contributed by atoms with Crippen LogP contribution in [-0.2, 0) is 18.2 Å². The maximum absolute atomic E-state index is 11.4. The van der Waals surface area contributed by atoms with Gasteiger partial charge in [-0.1, -0.05) is 17.7 Å². The number of ether oxygens (including phenoxy) is 2. The first-order valence-corrected chi connectivity index (χ1v) is 11.4. The first-order valence-electron chi connectivity index (χ1n) is 11.0. The van der Waals surface area contributed by atoms with Crippen molar-refractivity contribution in [3.05, 3.63) is 58.5 Å². The van der Waals surface area contributed by atoms with Gasteiger partial charge in [-0.05, 0) is 49.1 Å². The van der Waals surface area contributed by atoms with Gasteiger partial charge in [-0.3, -0.25) is 4.68 Å². The van der Waals surface area contributed by atoms with Crippen molar-refractivity contribution in [3.8, 4) is 17.1 Å². The fourth-order valence-corrected chi connectivity index (χ4v) is 4.56. The molecule has 0 amide bonds. The highest BCUT2D eigenvalue weighted by Crippen LogP contribution is 2.33. The Hall–Kier alpha value is -3.43. The maximum atomic E-state index is 11.4. The largest absolute Gasteiger partial charge is 0.496 e. The highest BCUT2D eigenvalue weighted by molar-refractivity contribution is 6.36. The van der Waals surface area contributed by atoms with E-state index in [4.69, 9.17) is 21.1 Å². The van der Waals surface area contributed by atoms with Crippen LogP contribution in [0, 0.1) is 0 Å². The third-order valence-electron chi connectivity index (χ3n) is 6.12. The molecule has 1 aliphatic heterocycles. The number of aromatic nitrogens is 5. The smallest absolute Gasteiger partial charge is 0.339 e. The van der Waals surface area contributed by atoms with Gasteiger partial charge in [0.05, 0.1) is 23.8 Å². The normalized spacial score (nSPS) is 16.1. The molecule has 10 heteroatoms. The van der Waals surface area contributed by atoms with E-state index in [9.17, 15) is 9.90 Å². The minimum absolute atomic E-state index is 0.0565. The van der Waals surface area contributed by atoms with Crippen LogP contribution in [-0.4, -0.2) is 49.3 Å². The average Bonchev–Trinajstić information content (AvgIpc) is 3.45. The average molecular weight is 482 g/mol. The van der Waals surface area contributed by atoms with Gasteiger partial charge in [-0.2, -0.15) is 10.2 Å². The predicted molar refractivity (Wildman–Crippen MR) is 126 cm³/mol. The Morgan fingerprint density at radius 1 is 1.29 bits per heavy atom. The number of carbonyl (C=O) groups is 1. The molecule has 1 N–H and O–H groups in total. The molecule has 2 aromatic carbocycles. The number of benzene rings is 2. The van der Waals surface area contributed by atoms with Crippen molar-refractivity contribution in [1.29, 1.82) is 0 Å². The molecule has 2 aromatic heterocycles. The Balaban J connectivity index is 1.43. The standard InChI is InChI=1S/C24H24ClN5O4/c1-29-20(27-23(28-29)15-6-8-16(24(31)32)19(11-15)33-2)12-14-7-9-18-17(22(14)25)13-26-30(18)21-5-3-4-10-34-21/h6-9,11,13,21H,3-5,10,12H2,1-2H3,(H,31,32). The van der Waals surface area contributed by atoms with Crippen molar-refractivity contribution in [2.75, 3.05) is 13.7 Å². The van der Waals surface area contributed by atoms with E-state index in [0.717, 1.165) is 48.2 Å². The van der Waals surface area contributed by atoms with Gasteiger partial charge in [0.25, 0.3) is 0 Å². The van der Waals surface area contributed by atoms with Crippen LogP contribution in [0.1, 0.15) is 47.2 Å². The summed E-state index contributed by atoms with van der Waals surface area (Å²) in [5, 5.41) is 19.9. The van der Waals surface area contributed by atoms with E-state index in [1.54, 1.807) is 23.0 Å². The number of nitrogens with zero attached hydrogens (tertiary/aromatic N) is 5. The van der Waals surface area contributed by atoms with Gasteiger partial charge in [-0.25, -0.2) is 14.5 Å². The van der Waals surface area contributed by atoms with Crippen LogP contribution in [0.2, 0.25) is 5.02 Å². The molecule has 1 atom stereocenters. The van der Waals surface area contributed by atoms with Crippen LogP contribution < -0.4 is 4.74 Å². The maximum Gasteiger partial charge on any atom is 0.339 e. The Morgan fingerprint density at radius 2 is 2.15 bits per heavy atom. The summed E-state index contributed by atoms with van der Waals surface area (Å²) in [6, 6.07) is 8.80. The van der Waals surface area contributed by atoms with Crippen molar-refractivity contribution < 1.29 is 19.4 Å². The lowest BCUT2D eigenvalue weighted by Crippen LogP contribution is -2.18. The Kier molecular flexibility index (Phi) is 5.97. The monoisotopic (exact) mass is 481 g/mol. The summed E-state index contributed by atoms with van der Waals surface area (Å²) < 4.78 is 14.7. The van der Waals surface area contributed by atoms with E-state index in [0.29, 0.717) is 22.8 Å². The minimum atomic E-state index is -1.05. The van der Waals surface area contributed by atoms with Gasteiger partial charge >= 0.3 is 5.97 Å². The van der Waals surface area contributed by atoms with Gasteiger partial charge in [-0.15, -0.1) is 0 Å². The predicted octanol–water partition coefficient (Wildman–Crippen LogP) is 4.48. The van der Waals surface area contributed by atoms with E-state index in [2.05, 4.69) is 15.2 Å². The molecule has 1 unspecified atom stereocenters. The van der Waals surface area contributed by atoms with Gasteiger partial charge in [0.15, 0.2) is 12.1 Å². The van der Waals surface area contributed by atoms with Crippen molar-refractivity contribution in [2.45, 2.75) is 31.9 Å². The molecule has 9 nitrogen and oxygen atoms in total. The first-order chi connectivity index (χ1) is 16.5. The number of rotatable bonds is 6. The molecule has 5 rings (SSSR count). The van der Waals surface area contributed by atoms with Crippen LogP contribution in [0.15, 0.2) is 36.5 Å². The summed E-state index contributed by atoms with van der Waals surface area (Å²) in [4.78, 5) is 16.0. The molecular weight excluding hydrogens is 458 g/mol. The Labute approximate surface area is 200 Å². The highest BCUT2D eigenvalue weighted by Gasteiger charge is 2.21. The second-order valence-electron chi connectivity index (χ2n) is 8.25. The van der Waals surface area contributed by atoms with Gasteiger partial charge < -0.3 is 14.6 Å². The fourth-order valence-electron chi connectivity index (χ4n) is 4.29. The van der Waals surface area contributed by atoms with E-state index in [-0.39, 0.29) is 17.5 Å². The number of carboxylic acids is 1. The molecule has 0 spiro atoms. The molecule has 0 radical (unpaired) electrons. The molecule has 1 fully saturated rings. The molecular formula is C24H24ClN5O4. The van der Waals surface area contributed by atoms with Crippen LogP contribution in [0.25, 0.3) is 22.3 Å². The van der Waals surface area contributed by atoms with Crippen LogP contribution >= 0.6 is 11.6 Å². The summed E-state index contributed by atoms with van der Waals surface area (Å²) in [5.41, 5.74) is 2.62. The van der Waals surface area contributed by atoms with E-state index < -0.39 is 5.97 Å². The number of fused-ring (bicyclic) bond motifs is 1. The molecule has 34 heavy (non-hydrogen) atoms. The summed E-state index contributed by atoms with van der Waals surface area (Å²) in [6.45, 7) is 0.747. The number of carboxylic acid groups (broad SMARTS) is 1. The van der Waals surface area contributed by atoms with Gasteiger partial charge in [0.2, 0.25) is 0 Å². The van der Waals surface area contributed by atoms with E-state index in [1.165, 1.54) is 13.2 Å². The Morgan fingerprint density at radius 3 is 2.88 bits per heavy atom. The molecule has 0 bridgehead atoms. The summed E-state index contributed by atoms with van der Waals surface area (Å²) in [7, 11) is 3.25.